The number of amides is 1. The molecular formula is C15H25N3O2S. The molecule has 0 spiro atoms. The number of thiazole rings is 1. The third-order valence-corrected chi connectivity index (χ3v) is 4.44. The first-order valence-corrected chi connectivity index (χ1v) is 8.37. The summed E-state index contributed by atoms with van der Waals surface area (Å²) in [6.45, 7) is 9.37. The molecule has 1 aliphatic rings. The Hall–Kier alpha value is -1.14. The second-order valence-electron chi connectivity index (χ2n) is 6.47. The number of rotatable bonds is 4. The normalized spacial score (nSPS) is 20.6. The van der Waals surface area contributed by atoms with E-state index < -0.39 is 5.60 Å². The van der Waals surface area contributed by atoms with Crippen molar-refractivity contribution in [3.63, 3.8) is 0 Å². The van der Waals surface area contributed by atoms with E-state index >= 15 is 0 Å². The summed E-state index contributed by atoms with van der Waals surface area (Å²) in [6, 6.07) is 0.424. The highest BCUT2D eigenvalue weighted by Crippen LogP contribution is 2.21. The number of ether oxygens (including phenoxy) is 1. The highest BCUT2D eigenvalue weighted by molar-refractivity contribution is 7.09. The van der Waals surface area contributed by atoms with E-state index in [-0.39, 0.29) is 18.2 Å². The molecule has 5 nitrogen and oxygen atoms in total. The summed E-state index contributed by atoms with van der Waals surface area (Å²) in [5.74, 6) is 0. The average Bonchev–Trinajstić information content (AvgIpc) is 3.04. The van der Waals surface area contributed by atoms with E-state index in [0.717, 1.165) is 30.9 Å². The van der Waals surface area contributed by atoms with Crippen molar-refractivity contribution in [3.8, 4) is 0 Å². The molecule has 0 bridgehead atoms. The van der Waals surface area contributed by atoms with Crippen LogP contribution in [0.4, 0.5) is 4.79 Å². The van der Waals surface area contributed by atoms with E-state index in [1.54, 1.807) is 11.3 Å². The standard InChI is InChI=1S/C15H25N3O2S/c1-11(13-16-7-9-21-13)17-10-12-6-5-8-18(12)14(19)20-15(2,3)4/h7,9,11-12,17H,5-6,8,10H2,1-4H3. The van der Waals surface area contributed by atoms with E-state index in [0.29, 0.717) is 0 Å². The van der Waals surface area contributed by atoms with Crippen molar-refractivity contribution in [2.45, 2.75) is 58.2 Å². The number of nitrogens with zero attached hydrogens (tertiary/aromatic N) is 2. The van der Waals surface area contributed by atoms with E-state index in [9.17, 15) is 4.79 Å². The maximum atomic E-state index is 12.2. The molecule has 1 saturated heterocycles. The van der Waals surface area contributed by atoms with Gasteiger partial charge in [-0.3, -0.25) is 0 Å². The zero-order chi connectivity index (χ0) is 15.5. The van der Waals surface area contributed by atoms with Crippen molar-refractivity contribution in [1.29, 1.82) is 0 Å². The largest absolute Gasteiger partial charge is 0.444 e. The van der Waals surface area contributed by atoms with E-state index in [1.165, 1.54) is 0 Å². The molecule has 0 saturated carbocycles. The number of hydrogen-bond donors (Lipinski definition) is 1. The van der Waals surface area contributed by atoms with Gasteiger partial charge in [-0.2, -0.15) is 0 Å². The molecule has 21 heavy (non-hydrogen) atoms. The van der Waals surface area contributed by atoms with Gasteiger partial charge in [-0.05, 0) is 40.5 Å². The van der Waals surface area contributed by atoms with Crippen molar-refractivity contribution in [1.82, 2.24) is 15.2 Å². The predicted octanol–water partition coefficient (Wildman–Crippen LogP) is 3.19. The number of aromatic nitrogens is 1. The van der Waals surface area contributed by atoms with Gasteiger partial charge in [0.15, 0.2) is 0 Å². The summed E-state index contributed by atoms with van der Waals surface area (Å²) < 4.78 is 5.48. The van der Waals surface area contributed by atoms with Crippen molar-refractivity contribution < 1.29 is 9.53 Å². The van der Waals surface area contributed by atoms with Gasteiger partial charge in [-0.15, -0.1) is 11.3 Å². The lowest BCUT2D eigenvalue weighted by atomic mass is 10.2. The zero-order valence-corrected chi connectivity index (χ0v) is 14.1. The molecule has 2 unspecified atom stereocenters. The Balaban J connectivity index is 1.86. The van der Waals surface area contributed by atoms with Gasteiger partial charge in [0.1, 0.15) is 10.6 Å². The van der Waals surface area contributed by atoms with E-state index in [1.807, 2.05) is 37.2 Å². The van der Waals surface area contributed by atoms with Gasteiger partial charge in [-0.25, -0.2) is 9.78 Å². The van der Waals surface area contributed by atoms with Crippen molar-refractivity contribution in [2.24, 2.45) is 0 Å². The second-order valence-corrected chi connectivity index (χ2v) is 7.40. The summed E-state index contributed by atoms with van der Waals surface area (Å²) in [5.41, 5.74) is -0.439. The number of carbonyl (C=O) groups is 1. The molecule has 1 fully saturated rings. The minimum atomic E-state index is -0.439. The molecular weight excluding hydrogens is 286 g/mol. The molecule has 0 aromatic carbocycles. The summed E-state index contributed by atoms with van der Waals surface area (Å²) in [4.78, 5) is 18.4. The molecule has 0 radical (unpaired) electrons. The fourth-order valence-corrected chi connectivity index (χ4v) is 3.13. The smallest absolute Gasteiger partial charge is 0.410 e. The third kappa shape index (κ3) is 4.68. The Labute approximate surface area is 130 Å². The summed E-state index contributed by atoms with van der Waals surface area (Å²) in [6.07, 6.45) is 3.68. The minimum Gasteiger partial charge on any atom is -0.444 e. The Morgan fingerprint density at radius 3 is 3.00 bits per heavy atom. The Kier molecular flexibility index (Phi) is 5.22. The molecule has 0 aliphatic carbocycles. The first kappa shape index (κ1) is 16.2. The lowest BCUT2D eigenvalue weighted by Gasteiger charge is -2.29. The fraction of sp³-hybridized carbons (Fsp3) is 0.733. The molecule has 2 heterocycles. The molecule has 1 aromatic heterocycles. The summed E-state index contributed by atoms with van der Waals surface area (Å²) in [7, 11) is 0. The quantitative estimate of drug-likeness (QED) is 0.928. The topological polar surface area (TPSA) is 54.5 Å². The average molecular weight is 311 g/mol. The maximum Gasteiger partial charge on any atom is 0.410 e. The molecule has 118 valence electrons. The van der Waals surface area contributed by atoms with Gasteiger partial charge in [0.05, 0.1) is 6.04 Å². The van der Waals surface area contributed by atoms with Crippen LogP contribution in [-0.4, -0.2) is 40.7 Å². The fourth-order valence-electron chi connectivity index (χ4n) is 2.46. The molecule has 1 amide bonds. The van der Waals surface area contributed by atoms with Crippen LogP contribution in [0.25, 0.3) is 0 Å². The van der Waals surface area contributed by atoms with Crippen LogP contribution in [0.15, 0.2) is 11.6 Å². The first-order chi connectivity index (χ1) is 9.87. The molecule has 1 N–H and O–H groups in total. The summed E-state index contributed by atoms with van der Waals surface area (Å²) >= 11 is 1.65. The number of hydrogen-bond acceptors (Lipinski definition) is 5. The van der Waals surface area contributed by atoms with Gasteiger partial charge in [0, 0.05) is 30.7 Å². The molecule has 1 aliphatic heterocycles. The van der Waals surface area contributed by atoms with Crippen molar-refractivity contribution in [3.05, 3.63) is 16.6 Å². The molecule has 6 heteroatoms. The monoisotopic (exact) mass is 311 g/mol. The van der Waals surface area contributed by atoms with E-state index in [2.05, 4.69) is 17.2 Å². The van der Waals surface area contributed by atoms with Gasteiger partial charge in [-0.1, -0.05) is 0 Å². The van der Waals surface area contributed by atoms with Crippen LogP contribution in [0, 0.1) is 0 Å². The van der Waals surface area contributed by atoms with Crippen LogP contribution in [0.3, 0.4) is 0 Å². The summed E-state index contributed by atoms with van der Waals surface area (Å²) in [5, 5.41) is 6.54. The van der Waals surface area contributed by atoms with Crippen molar-refractivity contribution >= 4 is 17.4 Å². The highest BCUT2D eigenvalue weighted by Gasteiger charge is 2.32. The molecule has 2 atom stereocenters. The number of nitrogens with one attached hydrogen (secondary N) is 1. The van der Waals surface area contributed by atoms with Gasteiger partial charge >= 0.3 is 6.09 Å². The highest BCUT2D eigenvalue weighted by atomic mass is 32.1. The molecule has 1 aromatic rings. The van der Waals surface area contributed by atoms with Crippen LogP contribution >= 0.6 is 11.3 Å². The second kappa shape index (κ2) is 6.75. The Morgan fingerprint density at radius 2 is 2.38 bits per heavy atom. The zero-order valence-electron chi connectivity index (χ0n) is 13.3. The van der Waals surface area contributed by atoms with Gasteiger partial charge < -0.3 is 15.0 Å². The van der Waals surface area contributed by atoms with Crippen LogP contribution in [0.2, 0.25) is 0 Å². The number of carbonyl (C=O) groups excluding carboxylic acids is 1. The maximum absolute atomic E-state index is 12.2. The SMILES string of the molecule is CC(NCC1CCCN1C(=O)OC(C)(C)C)c1nccs1. The lowest BCUT2D eigenvalue weighted by Crippen LogP contribution is -2.44. The van der Waals surface area contributed by atoms with Crippen LogP contribution in [-0.2, 0) is 4.74 Å². The van der Waals surface area contributed by atoms with E-state index in [4.69, 9.17) is 4.74 Å². The predicted molar refractivity (Wildman–Crippen MR) is 84.5 cm³/mol. The Bertz CT molecular complexity index is 456. The Morgan fingerprint density at radius 1 is 1.62 bits per heavy atom. The van der Waals surface area contributed by atoms with Crippen LogP contribution < -0.4 is 5.32 Å². The van der Waals surface area contributed by atoms with Crippen LogP contribution in [0.1, 0.15) is 51.6 Å². The molecule has 2 rings (SSSR count). The van der Waals surface area contributed by atoms with Gasteiger partial charge in [0.2, 0.25) is 0 Å². The first-order valence-electron chi connectivity index (χ1n) is 7.49. The van der Waals surface area contributed by atoms with Crippen molar-refractivity contribution in [2.75, 3.05) is 13.1 Å². The van der Waals surface area contributed by atoms with Crippen LogP contribution in [0.5, 0.6) is 0 Å². The lowest BCUT2D eigenvalue weighted by molar-refractivity contribution is 0.0225. The minimum absolute atomic E-state index is 0.200. The number of likely N-dealkylation sites (tertiary alicyclic amines) is 1. The van der Waals surface area contributed by atoms with Gasteiger partial charge in [0.25, 0.3) is 0 Å². The third-order valence-electron chi connectivity index (χ3n) is 3.49.